The van der Waals surface area contributed by atoms with Crippen LogP contribution in [0.3, 0.4) is 0 Å². The van der Waals surface area contributed by atoms with E-state index in [2.05, 4.69) is 28.0 Å². The van der Waals surface area contributed by atoms with Crippen molar-refractivity contribution in [1.29, 1.82) is 0 Å². The molecular weight excluding hydrogens is 222 g/mol. The summed E-state index contributed by atoms with van der Waals surface area (Å²) < 4.78 is 2.42. The van der Waals surface area contributed by atoms with Gasteiger partial charge in [0.2, 0.25) is 0 Å². The molecule has 1 unspecified atom stereocenters. The van der Waals surface area contributed by atoms with E-state index in [1.807, 2.05) is 6.33 Å². The maximum absolute atomic E-state index is 4.39. The standard InChI is InChI=1S/C15H25N3/c1-2-6-15(7-8-15)11-18-12-16-10-14(18)13-5-3-4-9-17-13/h10,12-13,17H,2-9,11H2,1H3. The van der Waals surface area contributed by atoms with E-state index in [-0.39, 0.29) is 0 Å². The molecule has 0 spiro atoms. The fourth-order valence-electron chi connectivity index (χ4n) is 3.41. The number of piperidine rings is 1. The van der Waals surface area contributed by atoms with Gasteiger partial charge in [0.25, 0.3) is 0 Å². The molecule has 0 bridgehead atoms. The van der Waals surface area contributed by atoms with Crippen LogP contribution in [0.25, 0.3) is 0 Å². The zero-order valence-corrected chi connectivity index (χ0v) is 11.5. The molecule has 100 valence electrons. The van der Waals surface area contributed by atoms with Gasteiger partial charge in [-0.25, -0.2) is 4.98 Å². The smallest absolute Gasteiger partial charge is 0.0948 e. The van der Waals surface area contributed by atoms with E-state index in [1.165, 1.54) is 57.2 Å². The first-order chi connectivity index (χ1) is 8.83. The van der Waals surface area contributed by atoms with Crippen LogP contribution >= 0.6 is 0 Å². The molecule has 0 aromatic carbocycles. The Morgan fingerprint density at radius 1 is 1.44 bits per heavy atom. The molecule has 1 saturated heterocycles. The quantitative estimate of drug-likeness (QED) is 0.865. The van der Waals surface area contributed by atoms with Gasteiger partial charge in [-0.2, -0.15) is 0 Å². The lowest BCUT2D eigenvalue weighted by molar-refractivity contribution is 0.351. The molecule has 1 N–H and O–H groups in total. The Hall–Kier alpha value is -0.830. The molecule has 3 nitrogen and oxygen atoms in total. The molecular formula is C15H25N3. The van der Waals surface area contributed by atoms with Crippen molar-refractivity contribution >= 4 is 0 Å². The van der Waals surface area contributed by atoms with Crippen molar-refractivity contribution in [3.8, 4) is 0 Å². The van der Waals surface area contributed by atoms with Crippen LogP contribution in [0.2, 0.25) is 0 Å². The van der Waals surface area contributed by atoms with Crippen molar-refractivity contribution in [2.45, 2.75) is 64.5 Å². The van der Waals surface area contributed by atoms with Crippen LogP contribution < -0.4 is 5.32 Å². The summed E-state index contributed by atoms with van der Waals surface area (Å²) in [5, 5.41) is 3.64. The monoisotopic (exact) mass is 247 g/mol. The highest BCUT2D eigenvalue weighted by Crippen LogP contribution is 2.51. The van der Waals surface area contributed by atoms with Gasteiger partial charge in [-0.1, -0.05) is 19.8 Å². The summed E-state index contributed by atoms with van der Waals surface area (Å²) >= 11 is 0. The summed E-state index contributed by atoms with van der Waals surface area (Å²) in [5.41, 5.74) is 2.02. The van der Waals surface area contributed by atoms with Gasteiger partial charge in [0.15, 0.2) is 0 Å². The molecule has 1 atom stereocenters. The Balaban J connectivity index is 1.71. The van der Waals surface area contributed by atoms with Crippen molar-refractivity contribution < 1.29 is 0 Å². The van der Waals surface area contributed by atoms with E-state index < -0.39 is 0 Å². The Morgan fingerprint density at radius 3 is 3.00 bits per heavy atom. The molecule has 18 heavy (non-hydrogen) atoms. The highest BCUT2D eigenvalue weighted by atomic mass is 15.1. The van der Waals surface area contributed by atoms with Crippen LogP contribution in [0.15, 0.2) is 12.5 Å². The summed E-state index contributed by atoms with van der Waals surface area (Å²) in [6, 6.07) is 0.540. The normalized spacial score (nSPS) is 26.2. The van der Waals surface area contributed by atoms with Crippen LogP contribution in [-0.4, -0.2) is 16.1 Å². The van der Waals surface area contributed by atoms with Crippen LogP contribution in [0.4, 0.5) is 0 Å². The van der Waals surface area contributed by atoms with Crippen LogP contribution in [-0.2, 0) is 6.54 Å². The van der Waals surface area contributed by atoms with E-state index in [0.717, 1.165) is 6.54 Å². The summed E-state index contributed by atoms with van der Waals surface area (Å²) in [6.07, 6.45) is 13.6. The van der Waals surface area contributed by atoms with E-state index >= 15 is 0 Å². The third-order valence-electron chi connectivity index (χ3n) is 4.66. The average molecular weight is 247 g/mol. The predicted octanol–water partition coefficient (Wildman–Crippen LogP) is 3.28. The molecule has 1 aromatic heterocycles. The van der Waals surface area contributed by atoms with Gasteiger partial charge in [0.1, 0.15) is 0 Å². The number of nitrogens with zero attached hydrogens (tertiary/aromatic N) is 2. The first kappa shape index (κ1) is 12.2. The molecule has 0 amide bonds. The second kappa shape index (κ2) is 5.04. The lowest BCUT2D eigenvalue weighted by Gasteiger charge is -2.26. The number of nitrogens with one attached hydrogen (secondary N) is 1. The van der Waals surface area contributed by atoms with E-state index in [0.29, 0.717) is 11.5 Å². The van der Waals surface area contributed by atoms with Crippen molar-refractivity contribution in [3.05, 3.63) is 18.2 Å². The van der Waals surface area contributed by atoms with E-state index in [1.54, 1.807) is 0 Å². The molecule has 2 fully saturated rings. The average Bonchev–Trinajstić information content (AvgIpc) is 3.00. The van der Waals surface area contributed by atoms with Gasteiger partial charge in [0.05, 0.1) is 12.0 Å². The van der Waals surface area contributed by atoms with Crippen LogP contribution in [0.1, 0.15) is 63.6 Å². The minimum Gasteiger partial charge on any atom is -0.333 e. The summed E-state index contributed by atoms with van der Waals surface area (Å²) in [5.74, 6) is 0. The summed E-state index contributed by atoms with van der Waals surface area (Å²) in [4.78, 5) is 4.39. The van der Waals surface area contributed by atoms with Gasteiger partial charge in [-0.3, -0.25) is 0 Å². The Kier molecular flexibility index (Phi) is 3.42. The maximum atomic E-state index is 4.39. The third kappa shape index (κ3) is 2.46. The molecule has 0 radical (unpaired) electrons. The lowest BCUT2D eigenvalue weighted by atomic mass is 9.99. The zero-order valence-electron chi connectivity index (χ0n) is 11.5. The molecule has 2 aliphatic rings. The lowest BCUT2D eigenvalue weighted by Crippen LogP contribution is -2.29. The third-order valence-corrected chi connectivity index (χ3v) is 4.66. The van der Waals surface area contributed by atoms with E-state index in [9.17, 15) is 0 Å². The molecule has 1 aliphatic carbocycles. The molecule has 3 rings (SSSR count). The maximum Gasteiger partial charge on any atom is 0.0948 e. The van der Waals surface area contributed by atoms with Gasteiger partial charge < -0.3 is 9.88 Å². The zero-order chi connectivity index (χ0) is 12.4. The van der Waals surface area contributed by atoms with Crippen LogP contribution in [0.5, 0.6) is 0 Å². The molecule has 1 aromatic rings. The molecule has 2 heterocycles. The van der Waals surface area contributed by atoms with Crippen molar-refractivity contribution in [2.75, 3.05) is 6.54 Å². The second-order valence-electron chi connectivity index (χ2n) is 6.20. The number of aromatic nitrogens is 2. The fourth-order valence-corrected chi connectivity index (χ4v) is 3.41. The Morgan fingerprint density at radius 2 is 2.33 bits per heavy atom. The largest absolute Gasteiger partial charge is 0.333 e. The van der Waals surface area contributed by atoms with Crippen LogP contribution in [0, 0.1) is 5.41 Å². The Bertz CT molecular complexity index is 386. The first-order valence-corrected chi connectivity index (χ1v) is 7.56. The number of hydrogen-bond donors (Lipinski definition) is 1. The summed E-state index contributed by atoms with van der Waals surface area (Å²) in [6.45, 7) is 4.65. The van der Waals surface area contributed by atoms with E-state index in [4.69, 9.17) is 0 Å². The topological polar surface area (TPSA) is 29.9 Å². The molecule has 1 aliphatic heterocycles. The summed E-state index contributed by atoms with van der Waals surface area (Å²) in [7, 11) is 0. The molecule has 1 saturated carbocycles. The minimum atomic E-state index is 0.540. The minimum absolute atomic E-state index is 0.540. The van der Waals surface area contributed by atoms with Crippen molar-refractivity contribution in [3.63, 3.8) is 0 Å². The van der Waals surface area contributed by atoms with Gasteiger partial charge in [-0.05, 0) is 44.1 Å². The fraction of sp³-hybridized carbons (Fsp3) is 0.800. The first-order valence-electron chi connectivity index (χ1n) is 7.56. The van der Waals surface area contributed by atoms with Gasteiger partial charge >= 0.3 is 0 Å². The number of imidazole rings is 1. The molecule has 3 heteroatoms. The highest BCUT2D eigenvalue weighted by Gasteiger charge is 2.42. The van der Waals surface area contributed by atoms with Gasteiger partial charge in [-0.15, -0.1) is 0 Å². The van der Waals surface area contributed by atoms with Crippen molar-refractivity contribution in [1.82, 2.24) is 14.9 Å². The number of hydrogen-bond acceptors (Lipinski definition) is 2. The van der Waals surface area contributed by atoms with Gasteiger partial charge in [0, 0.05) is 18.8 Å². The predicted molar refractivity (Wildman–Crippen MR) is 73.4 cm³/mol. The SMILES string of the molecule is CCCC1(Cn2cncc2C2CCCCN2)CC1. The number of rotatable bonds is 5. The second-order valence-corrected chi connectivity index (χ2v) is 6.20. The highest BCUT2D eigenvalue weighted by molar-refractivity contribution is 5.08. The Labute approximate surface area is 110 Å². The van der Waals surface area contributed by atoms with Crippen molar-refractivity contribution in [2.24, 2.45) is 5.41 Å².